The zero-order valence-corrected chi connectivity index (χ0v) is 9.89. The van der Waals surface area contributed by atoms with Gasteiger partial charge in [-0.2, -0.15) is 0 Å². The summed E-state index contributed by atoms with van der Waals surface area (Å²) in [5, 5.41) is 6.28. The van der Waals surface area contributed by atoms with Crippen molar-refractivity contribution in [2.75, 3.05) is 6.54 Å². The molecule has 0 aromatic rings. The van der Waals surface area contributed by atoms with E-state index in [2.05, 4.69) is 24.5 Å². The Bertz CT molecular complexity index is 157. The van der Waals surface area contributed by atoms with Gasteiger partial charge >= 0.3 is 0 Å². The Balaban J connectivity index is 0.000000791. The highest BCUT2D eigenvalue weighted by molar-refractivity contribution is 5.78. The van der Waals surface area contributed by atoms with Crippen LogP contribution in [-0.4, -0.2) is 24.5 Å². The van der Waals surface area contributed by atoms with Crippen LogP contribution in [0, 0.1) is 0 Å². The fourth-order valence-electron chi connectivity index (χ4n) is 1.44. The van der Waals surface area contributed by atoms with Crippen LogP contribution in [0.25, 0.3) is 0 Å². The Hall–Kier alpha value is -0.570. The van der Waals surface area contributed by atoms with E-state index < -0.39 is 0 Å². The van der Waals surface area contributed by atoms with Crippen LogP contribution in [0.3, 0.4) is 0 Å². The number of rotatable bonds is 4. The highest BCUT2D eigenvalue weighted by Crippen LogP contribution is 2.08. The van der Waals surface area contributed by atoms with Crippen molar-refractivity contribution in [3.05, 3.63) is 0 Å². The molecule has 1 atom stereocenters. The number of nitrogens with one attached hydrogen (secondary N) is 2. The van der Waals surface area contributed by atoms with E-state index >= 15 is 0 Å². The predicted molar refractivity (Wildman–Crippen MR) is 60.3 cm³/mol. The van der Waals surface area contributed by atoms with Gasteiger partial charge in [0, 0.05) is 18.5 Å². The largest absolute Gasteiger partial charge is 0.353 e. The van der Waals surface area contributed by atoms with Gasteiger partial charge in [0.05, 0.1) is 0 Å². The minimum absolute atomic E-state index is 0.213. The lowest BCUT2D eigenvalue weighted by Gasteiger charge is -2.12. The Labute approximate surface area is 87.6 Å². The van der Waals surface area contributed by atoms with Crippen LogP contribution in [0.1, 0.15) is 47.0 Å². The Morgan fingerprint density at radius 3 is 2.57 bits per heavy atom. The monoisotopic (exact) mass is 200 g/mol. The highest BCUT2D eigenvalue weighted by atomic mass is 16.1. The number of hydrogen-bond acceptors (Lipinski definition) is 2. The van der Waals surface area contributed by atoms with E-state index in [-0.39, 0.29) is 5.91 Å². The average Bonchev–Trinajstić information content (AvgIpc) is 2.54. The molecule has 3 heteroatoms. The van der Waals surface area contributed by atoms with E-state index in [9.17, 15) is 4.79 Å². The summed E-state index contributed by atoms with van der Waals surface area (Å²) in [6.07, 6.45) is 2.79. The number of carbonyl (C=O) groups is 1. The van der Waals surface area contributed by atoms with Gasteiger partial charge in [-0.1, -0.05) is 27.7 Å². The van der Waals surface area contributed by atoms with E-state index in [0.717, 1.165) is 19.4 Å². The molecule has 1 rings (SSSR count). The number of carbonyl (C=O) groups excluding carboxylic acids is 1. The first-order valence-corrected chi connectivity index (χ1v) is 5.71. The minimum Gasteiger partial charge on any atom is -0.353 e. The quantitative estimate of drug-likeness (QED) is 0.725. The lowest BCUT2D eigenvalue weighted by Crippen LogP contribution is -2.31. The third kappa shape index (κ3) is 5.97. The van der Waals surface area contributed by atoms with E-state index in [1.807, 2.05) is 13.8 Å². The van der Waals surface area contributed by atoms with E-state index in [1.165, 1.54) is 0 Å². The molecule has 2 N–H and O–H groups in total. The predicted octanol–water partition coefficient (Wildman–Crippen LogP) is 1.68. The molecular formula is C11H24N2O. The van der Waals surface area contributed by atoms with E-state index in [4.69, 9.17) is 0 Å². The van der Waals surface area contributed by atoms with Crippen LogP contribution in [0.15, 0.2) is 0 Å². The van der Waals surface area contributed by atoms with Gasteiger partial charge in [-0.15, -0.1) is 0 Å². The summed E-state index contributed by atoms with van der Waals surface area (Å²) in [5.74, 6) is 0.213. The number of amides is 1. The molecule has 0 aliphatic carbocycles. The van der Waals surface area contributed by atoms with Crippen molar-refractivity contribution in [1.29, 1.82) is 0 Å². The summed E-state index contributed by atoms with van der Waals surface area (Å²) in [6.45, 7) is 9.27. The molecule has 1 heterocycles. The lowest BCUT2D eigenvalue weighted by molar-refractivity contribution is -0.119. The van der Waals surface area contributed by atoms with Crippen molar-refractivity contribution in [2.45, 2.75) is 59.0 Å². The van der Waals surface area contributed by atoms with Gasteiger partial charge in [0.2, 0.25) is 5.91 Å². The maximum Gasteiger partial charge on any atom is 0.220 e. The van der Waals surface area contributed by atoms with Crippen molar-refractivity contribution in [2.24, 2.45) is 0 Å². The summed E-state index contributed by atoms with van der Waals surface area (Å²) in [6, 6.07) is 0.964. The summed E-state index contributed by atoms with van der Waals surface area (Å²) >= 11 is 0. The third-order valence-corrected chi connectivity index (χ3v) is 2.13. The van der Waals surface area contributed by atoms with Gasteiger partial charge in [0.15, 0.2) is 0 Å². The molecule has 14 heavy (non-hydrogen) atoms. The van der Waals surface area contributed by atoms with Crippen LogP contribution >= 0.6 is 0 Å². The molecule has 0 saturated carbocycles. The first-order chi connectivity index (χ1) is 6.68. The maximum absolute atomic E-state index is 10.8. The molecule has 0 radical (unpaired) electrons. The fraction of sp³-hybridized carbons (Fsp3) is 0.909. The molecule has 0 spiro atoms. The highest BCUT2D eigenvalue weighted by Gasteiger charge is 2.19. The zero-order chi connectivity index (χ0) is 11.0. The van der Waals surface area contributed by atoms with E-state index in [0.29, 0.717) is 18.5 Å². The second-order valence-corrected chi connectivity index (χ2v) is 3.70. The summed E-state index contributed by atoms with van der Waals surface area (Å²) in [5.41, 5.74) is 0. The molecular weight excluding hydrogens is 176 g/mol. The first-order valence-electron chi connectivity index (χ1n) is 5.71. The molecule has 1 aliphatic heterocycles. The molecule has 1 amide bonds. The van der Waals surface area contributed by atoms with Gasteiger partial charge in [-0.05, 0) is 19.4 Å². The first kappa shape index (κ1) is 13.4. The molecule has 1 fully saturated rings. The van der Waals surface area contributed by atoms with Crippen LogP contribution in [0.2, 0.25) is 0 Å². The van der Waals surface area contributed by atoms with Crippen molar-refractivity contribution in [3.8, 4) is 0 Å². The molecule has 0 bridgehead atoms. The van der Waals surface area contributed by atoms with Crippen molar-refractivity contribution >= 4 is 5.91 Å². The topological polar surface area (TPSA) is 41.1 Å². The summed E-state index contributed by atoms with van der Waals surface area (Å²) < 4.78 is 0. The van der Waals surface area contributed by atoms with Crippen LogP contribution < -0.4 is 10.6 Å². The fourth-order valence-corrected chi connectivity index (χ4v) is 1.44. The summed E-state index contributed by atoms with van der Waals surface area (Å²) in [7, 11) is 0. The summed E-state index contributed by atoms with van der Waals surface area (Å²) in [4.78, 5) is 10.8. The third-order valence-electron chi connectivity index (χ3n) is 2.13. The SMILES string of the molecule is CC.CC(C)NCCC1CCC(=O)N1. The van der Waals surface area contributed by atoms with Crippen molar-refractivity contribution < 1.29 is 4.79 Å². The second kappa shape index (κ2) is 7.80. The van der Waals surface area contributed by atoms with Gasteiger partial charge in [0.25, 0.3) is 0 Å². The van der Waals surface area contributed by atoms with Gasteiger partial charge in [-0.3, -0.25) is 4.79 Å². The van der Waals surface area contributed by atoms with Crippen LogP contribution in [0.4, 0.5) is 0 Å². The molecule has 3 nitrogen and oxygen atoms in total. The standard InChI is InChI=1S/C9H18N2O.C2H6/c1-7(2)10-6-5-8-3-4-9(12)11-8;1-2/h7-8,10H,3-6H2,1-2H3,(H,11,12);1-2H3. The molecule has 0 aromatic heterocycles. The van der Waals surface area contributed by atoms with Gasteiger partial charge in [-0.25, -0.2) is 0 Å². The Kier molecular flexibility index (Phi) is 7.48. The molecule has 1 aliphatic rings. The average molecular weight is 200 g/mol. The Morgan fingerprint density at radius 1 is 1.50 bits per heavy atom. The molecule has 1 unspecified atom stereocenters. The van der Waals surface area contributed by atoms with Gasteiger partial charge in [0.1, 0.15) is 0 Å². The van der Waals surface area contributed by atoms with Crippen molar-refractivity contribution in [1.82, 2.24) is 10.6 Å². The smallest absolute Gasteiger partial charge is 0.220 e. The van der Waals surface area contributed by atoms with Crippen LogP contribution in [-0.2, 0) is 4.79 Å². The lowest BCUT2D eigenvalue weighted by atomic mass is 10.1. The Morgan fingerprint density at radius 2 is 2.14 bits per heavy atom. The van der Waals surface area contributed by atoms with Crippen LogP contribution in [0.5, 0.6) is 0 Å². The maximum atomic E-state index is 10.8. The second-order valence-electron chi connectivity index (χ2n) is 3.70. The van der Waals surface area contributed by atoms with Gasteiger partial charge < -0.3 is 10.6 Å². The molecule has 1 saturated heterocycles. The molecule has 84 valence electrons. The zero-order valence-electron chi connectivity index (χ0n) is 9.89. The number of hydrogen-bond donors (Lipinski definition) is 2. The molecule has 0 aromatic carbocycles. The minimum atomic E-state index is 0.213. The van der Waals surface area contributed by atoms with Crippen molar-refractivity contribution in [3.63, 3.8) is 0 Å². The normalized spacial score (nSPS) is 20.4. The van der Waals surface area contributed by atoms with E-state index in [1.54, 1.807) is 0 Å².